The smallest absolute Gasteiger partial charge is 0.274 e. The molecule has 6 heteroatoms. The van der Waals surface area contributed by atoms with Crippen molar-refractivity contribution in [2.45, 2.75) is 26.0 Å². The third kappa shape index (κ3) is 2.70. The first-order valence-electron chi connectivity index (χ1n) is 6.31. The van der Waals surface area contributed by atoms with E-state index in [1.807, 2.05) is 4.57 Å². The fraction of sp³-hybridized carbons (Fsp3) is 0.667. The van der Waals surface area contributed by atoms with Crippen LogP contribution >= 0.6 is 0 Å². The molecule has 18 heavy (non-hydrogen) atoms. The lowest BCUT2D eigenvalue weighted by Crippen LogP contribution is -2.30. The Morgan fingerprint density at radius 1 is 1.72 bits per heavy atom. The van der Waals surface area contributed by atoms with Crippen LogP contribution in [0.1, 0.15) is 23.8 Å². The molecule has 100 valence electrons. The van der Waals surface area contributed by atoms with Crippen LogP contribution in [0.15, 0.2) is 12.5 Å². The Bertz CT molecular complexity index is 416. The Morgan fingerprint density at radius 3 is 3.11 bits per heavy atom. The predicted octanol–water partition coefficient (Wildman–Crippen LogP) is -0.315. The molecule has 0 radical (unpaired) electrons. The Labute approximate surface area is 106 Å². The van der Waals surface area contributed by atoms with Crippen molar-refractivity contribution < 1.29 is 9.90 Å². The minimum Gasteiger partial charge on any atom is -0.393 e. The zero-order chi connectivity index (χ0) is 13.1. The molecule has 0 bridgehead atoms. The highest BCUT2D eigenvalue weighted by Gasteiger charge is 2.30. The van der Waals surface area contributed by atoms with Crippen LogP contribution in [0.2, 0.25) is 0 Å². The highest BCUT2D eigenvalue weighted by atomic mass is 16.3. The van der Waals surface area contributed by atoms with Gasteiger partial charge in [0.25, 0.3) is 5.91 Å². The van der Waals surface area contributed by atoms with Crippen molar-refractivity contribution in [3.05, 3.63) is 18.2 Å². The van der Waals surface area contributed by atoms with Crippen LogP contribution in [-0.2, 0) is 6.54 Å². The lowest BCUT2D eigenvalue weighted by Gasteiger charge is -2.16. The SMILES string of the molecule is CC(O)C1CCN(C(=O)c2cn(CCN)cn2)C1. The van der Waals surface area contributed by atoms with Gasteiger partial charge in [0, 0.05) is 38.3 Å². The number of hydrogen-bond acceptors (Lipinski definition) is 4. The maximum Gasteiger partial charge on any atom is 0.274 e. The number of carbonyl (C=O) groups is 1. The van der Waals surface area contributed by atoms with Gasteiger partial charge in [0.05, 0.1) is 12.4 Å². The van der Waals surface area contributed by atoms with Gasteiger partial charge in [-0.2, -0.15) is 0 Å². The summed E-state index contributed by atoms with van der Waals surface area (Å²) in [6, 6.07) is 0. The number of aliphatic hydroxyl groups is 1. The molecule has 6 nitrogen and oxygen atoms in total. The first kappa shape index (κ1) is 13.0. The lowest BCUT2D eigenvalue weighted by atomic mass is 10.0. The molecule has 0 spiro atoms. The van der Waals surface area contributed by atoms with Crippen molar-refractivity contribution >= 4 is 5.91 Å². The first-order chi connectivity index (χ1) is 8.61. The fourth-order valence-corrected chi connectivity index (χ4v) is 2.27. The largest absolute Gasteiger partial charge is 0.393 e. The summed E-state index contributed by atoms with van der Waals surface area (Å²) in [6.45, 7) is 4.27. The molecular formula is C12H20N4O2. The van der Waals surface area contributed by atoms with Gasteiger partial charge in [0.15, 0.2) is 0 Å². The van der Waals surface area contributed by atoms with Gasteiger partial charge in [-0.05, 0) is 13.3 Å². The molecule has 0 aliphatic carbocycles. The Morgan fingerprint density at radius 2 is 2.50 bits per heavy atom. The molecular weight excluding hydrogens is 232 g/mol. The molecule has 1 saturated heterocycles. The molecule has 1 aliphatic rings. The van der Waals surface area contributed by atoms with E-state index in [0.29, 0.717) is 31.9 Å². The third-order valence-corrected chi connectivity index (χ3v) is 3.43. The second-order valence-electron chi connectivity index (χ2n) is 4.83. The average molecular weight is 252 g/mol. The summed E-state index contributed by atoms with van der Waals surface area (Å²) < 4.78 is 1.81. The fourth-order valence-electron chi connectivity index (χ4n) is 2.27. The van der Waals surface area contributed by atoms with Crippen molar-refractivity contribution in [2.75, 3.05) is 19.6 Å². The summed E-state index contributed by atoms with van der Waals surface area (Å²) in [5.74, 6) is 0.119. The van der Waals surface area contributed by atoms with Crippen LogP contribution < -0.4 is 5.73 Å². The zero-order valence-corrected chi connectivity index (χ0v) is 10.6. The molecule has 2 heterocycles. The Balaban J connectivity index is 1.99. The molecule has 2 rings (SSSR count). The first-order valence-corrected chi connectivity index (χ1v) is 6.31. The molecule has 0 saturated carbocycles. The van der Waals surface area contributed by atoms with Crippen LogP contribution in [0.3, 0.4) is 0 Å². The quantitative estimate of drug-likeness (QED) is 0.769. The van der Waals surface area contributed by atoms with E-state index in [1.54, 1.807) is 24.3 Å². The molecule has 1 aromatic rings. The van der Waals surface area contributed by atoms with E-state index in [2.05, 4.69) is 4.98 Å². The van der Waals surface area contributed by atoms with E-state index in [9.17, 15) is 9.90 Å². The highest BCUT2D eigenvalue weighted by Crippen LogP contribution is 2.21. The van der Waals surface area contributed by atoms with Gasteiger partial charge in [-0.15, -0.1) is 0 Å². The van der Waals surface area contributed by atoms with Gasteiger partial charge in [0.1, 0.15) is 5.69 Å². The predicted molar refractivity (Wildman–Crippen MR) is 67.0 cm³/mol. The summed E-state index contributed by atoms with van der Waals surface area (Å²) in [5.41, 5.74) is 5.90. The second-order valence-corrected chi connectivity index (χ2v) is 4.83. The van der Waals surface area contributed by atoms with Gasteiger partial charge in [-0.3, -0.25) is 4.79 Å². The van der Waals surface area contributed by atoms with Crippen LogP contribution in [0.4, 0.5) is 0 Å². The summed E-state index contributed by atoms with van der Waals surface area (Å²) in [5, 5.41) is 9.52. The number of nitrogens with zero attached hydrogens (tertiary/aromatic N) is 3. The monoisotopic (exact) mass is 252 g/mol. The van der Waals surface area contributed by atoms with Crippen LogP contribution in [0, 0.1) is 5.92 Å². The maximum absolute atomic E-state index is 12.2. The molecule has 1 amide bonds. The molecule has 1 aromatic heterocycles. The lowest BCUT2D eigenvalue weighted by molar-refractivity contribution is 0.0757. The number of rotatable bonds is 4. The molecule has 3 N–H and O–H groups in total. The molecule has 2 atom stereocenters. The molecule has 0 aromatic carbocycles. The molecule has 1 fully saturated rings. The Kier molecular flexibility index (Phi) is 3.98. The summed E-state index contributed by atoms with van der Waals surface area (Å²) in [7, 11) is 0. The van der Waals surface area contributed by atoms with Gasteiger partial charge in [0.2, 0.25) is 0 Å². The van der Waals surface area contributed by atoms with Crippen LogP contribution in [0.25, 0.3) is 0 Å². The van der Waals surface area contributed by atoms with Crippen molar-refractivity contribution in [2.24, 2.45) is 11.7 Å². The van der Waals surface area contributed by atoms with Crippen molar-refractivity contribution in [3.63, 3.8) is 0 Å². The maximum atomic E-state index is 12.2. The number of hydrogen-bond donors (Lipinski definition) is 2. The van der Waals surface area contributed by atoms with Crippen molar-refractivity contribution in [1.82, 2.24) is 14.5 Å². The van der Waals surface area contributed by atoms with E-state index in [4.69, 9.17) is 5.73 Å². The van der Waals surface area contributed by atoms with Crippen molar-refractivity contribution in [1.29, 1.82) is 0 Å². The molecule has 1 aliphatic heterocycles. The minimum absolute atomic E-state index is 0.0612. The second kappa shape index (κ2) is 5.49. The number of carbonyl (C=O) groups excluding carboxylic acids is 1. The van der Waals surface area contributed by atoms with Gasteiger partial charge in [-0.25, -0.2) is 4.98 Å². The van der Waals surface area contributed by atoms with Crippen molar-refractivity contribution in [3.8, 4) is 0 Å². The molecule has 2 unspecified atom stereocenters. The number of likely N-dealkylation sites (tertiary alicyclic amines) is 1. The van der Waals surface area contributed by atoms with E-state index < -0.39 is 0 Å². The van der Waals surface area contributed by atoms with Gasteiger partial charge in [-0.1, -0.05) is 0 Å². The van der Waals surface area contributed by atoms with Crippen LogP contribution in [0.5, 0.6) is 0 Å². The number of nitrogens with two attached hydrogens (primary N) is 1. The number of imidazole rings is 1. The van der Waals surface area contributed by atoms with Gasteiger partial charge < -0.3 is 20.3 Å². The number of aromatic nitrogens is 2. The normalized spacial score (nSPS) is 21.3. The van der Waals surface area contributed by atoms with Crippen LogP contribution in [-0.4, -0.2) is 51.2 Å². The van der Waals surface area contributed by atoms with E-state index >= 15 is 0 Å². The van der Waals surface area contributed by atoms with E-state index in [-0.39, 0.29) is 17.9 Å². The number of aliphatic hydroxyl groups excluding tert-OH is 1. The minimum atomic E-state index is -0.363. The zero-order valence-electron chi connectivity index (χ0n) is 10.6. The Hall–Kier alpha value is -1.40. The highest BCUT2D eigenvalue weighted by molar-refractivity contribution is 5.92. The van der Waals surface area contributed by atoms with E-state index in [0.717, 1.165) is 6.42 Å². The topological polar surface area (TPSA) is 84.4 Å². The number of amides is 1. The summed E-state index contributed by atoms with van der Waals surface area (Å²) in [4.78, 5) is 18.0. The van der Waals surface area contributed by atoms with E-state index in [1.165, 1.54) is 0 Å². The average Bonchev–Trinajstić information content (AvgIpc) is 2.97. The summed E-state index contributed by atoms with van der Waals surface area (Å²) in [6.07, 6.45) is 3.85. The van der Waals surface area contributed by atoms with Gasteiger partial charge >= 0.3 is 0 Å². The standard InChI is InChI=1S/C12H20N4O2/c1-9(17)10-2-4-16(6-10)12(18)11-7-15(5-3-13)8-14-11/h7-10,17H,2-6,13H2,1H3. The summed E-state index contributed by atoms with van der Waals surface area (Å²) >= 11 is 0. The third-order valence-electron chi connectivity index (χ3n) is 3.43.